The van der Waals surface area contributed by atoms with E-state index in [1.54, 1.807) is 33.5 Å². The van der Waals surface area contributed by atoms with Crippen molar-refractivity contribution in [2.75, 3.05) is 34.4 Å². The average Bonchev–Trinajstić information content (AvgIpc) is 2.65. The van der Waals surface area contributed by atoms with Gasteiger partial charge in [0.2, 0.25) is 0 Å². The Morgan fingerprint density at radius 2 is 1.54 bits per heavy atom. The van der Waals surface area contributed by atoms with Crippen LogP contribution in [-0.4, -0.2) is 45.2 Å². The van der Waals surface area contributed by atoms with E-state index in [9.17, 15) is 4.79 Å². The number of methoxy groups -OCH3 is 3. The van der Waals surface area contributed by atoms with Gasteiger partial charge in [-0.05, 0) is 24.7 Å². The van der Waals surface area contributed by atoms with Crippen LogP contribution in [0.5, 0.6) is 17.2 Å². The molecule has 1 saturated carbocycles. The van der Waals surface area contributed by atoms with E-state index in [4.69, 9.17) is 14.2 Å². The molecule has 2 fully saturated rings. The van der Waals surface area contributed by atoms with Gasteiger partial charge in [0.05, 0.1) is 26.9 Å². The van der Waals surface area contributed by atoms with Crippen LogP contribution < -0.4 is 14.2 Å². The summed E-state index contributed by atoms with van der Waals surface area (Å²) in [5.41, 5.74) is 0.546. The summed E-state index contributed by atoms with van der Waals surface area (Å²) in [4.78, 5) is 15.1. The first kappa shape index (κ1) is 16.9. The van der Waals surface area contributed by atoms with Crippen molar-refractivity contribution in [1.82, 2.24) is 4.90 Å². The van der Waals surface area contributed by atoms with Crippen molar-refractivity contribution < 1.29 is 19.0 Å². The molecule has 132 valence electrons. The summed E-state index contributed by atoms with van der Waals surface area (Å²) in [6, 6.07) is 3.45. The smallest absolute Gasteiger partial charge is 0.257 e. The number of ether oxygens (including phenoxy) is 3. The number of carbonyl (C=O) groups is 1. The number of piperidine rings is 1. The highest BCUT2D eigenvalue weighted by Gasteiger charge is 2.34. The molecule has 0 N–H and O–H groups in total. The molecule has 1 heterocycles. The van der Waals surface area contributed by atoms with E-state index >= 15 is 0 Å². The van der Waals surface area contributed by atoms with Crippen LogP contribution in [0.2, 0.25) is 0 Å². The molecule has 0 aromatic heterocycles. The predicted octanol–water partition coefficient (Wildman–Crippen LogP) is 3.36. The molecule has 24 heavy (non-hydrogen) atoms. The summed E-state index contributed by atoms with van der Waals surface area (Å²) < 4.78 is 16.1. The van der Waals surface area contributed by atoms with Gasteiger partial charge in [0.25, 0.3) is 5.91 Å². The molecule has 0 radical (unpaired) electrons. The van der Waals surface area contributed by atoms with E-state index in [2.05, 4.69) is 0 Å². The molecular formula is C19H27NO4. The molecule has 1 aromatic carbocycles. The van der Waals surface area contributed by atoms with Gasteiger partial charge >= 0.3 is 0 Å². The van der Waals surface area contributed by atoms with Crippen LogP contribution in [0.25, 0.3) is 0 Å². The van der Waals surface area contributed by atoms with Gasteiger partial charge in [0, 0.05) is 25.2 Å². The summed E-state index contributed by atoms with van der Waals surface area (Å²) >= 11 is 0. The Labute approximate surface area is 143 Å². The number of carbonyl (C=O) groups excluding carboxylic acids is 1. The van der Waals surface area contributed by atoms with E-state index < -0.39 is 0 Å². The van der Waals surface area contributed by atoms with Gasteiger partial charge in [-0.1, -0.05) is 19.3 Å². The largest absolute Gasteiger partial charge is 0.496 e. The zero-order chi connectivity index (χ0) is 17.1. The van der Waals surface area contributed by atoms with Crippen molar-refractivity contribution in [2.24, 2.45) is 11.8 Å². The Bertz CT molecular complexity index is 601. The predicted molar refractivity (Wildman–Crippen MR) is 92.1 cm³/mol. The lowest BCUT2D eigenvalue weighted by Gasteiger charge is -2.41. The Hall–Kier alpha value is -1.91. The van der Waals surface area contributed by atoms with Crippen molar-refractivity contribution in [1.29, 1.82) is 0 Å². The minimum absolute atomic E-state index is 0.0248. The maximum atomic E-state index is 13.1. The highest BCUT2D eigenvalue weighted by atomic mass is 16.5. The maximum absolute atomic E-state index is 13.1. The third-order valence-electron chi connectivity index (χ3n) is 5.51. The zero-order valence-corrected chi connectivity index (χ0v) is 14.8. The van der Waals surface area contributed by atoms with Crippen LogP contribution in [-0.2, 0) is 0 Å². The van der Waals surface area contributed by atoms with Crippen molar-refractivity contribution in [3.8, 4) is 17.2 Å². The monoisotopic (exact) mass is 333 g/mol. The minimum atomic E-state index is 0.0248. The Balaban J connectivity index is 1.83. The van der Waals surface area contributed by atoms with Gasteiger partial charge in [0.15, 0.2) is 11.5 Å². The number of hydrogen-bond acceptors (Lipinski definition) is 4. The average molecular weight is 333 g/mol. The van der Waals surface area contributed by atoms with Crippen molar-refractivity contribution in [2.45, 2.75) is 32.1 Å². The summed E-state index contributed by atoms with van der Waals surface area (Å²) in [5.74, 6) is 3.13. The topological polar surface area (TPSA) is 48.0 Å². The third-order valence-corrected chi connectivity index (χ3v) is 5.51. The van der Waals surface area contributed by atoms with Crippen molar-refractivity contribution >= 4 is 5.91 Å². The summed E-state index contributed by atoms with van der Waals surface area (Å²) in [6.07, 6.45) is 6.33. The number of likely N-dealkylation sites (tertiary alicyclic amines) is 1. The third kappa shape index (κ3) is 3.17. The fourth-order valence-electron chi connectivity index (χ4n) is 4.15. The molecule has 1 aromatic rings. The molecule has 1 aliphatic carbocycles. The normalized spacial score (nSPS) is 23.4. The number of amides is 1. The van der Waals surface area contributed by atoms with Gasteiger partial charge in [-0.2, -0.15) is 0 Å². The second kappa shape index (κ2) is 7.32. The van der Waals surface area contributed by atoms with E-state index in [0.717, 1.165) is 25.4 Å². The van der Waals surface area contributed by atoms with Gasteiger partial charge < -0.3 is 19.1 Å². The molecule has 1 amide bonds. The SMILES string of the molecule is COc1cc(OC)c(C(=O)N2CC[C@@H]3CCCC[C@@H]3C2)cc1OC. The molecule has 2 atom stereocenters. The maximum Gasteiger partial charge on any atom is 0.257 e. The molecule has 5 nitrogen and oxygen atoms in total. The van der Waals surface area contributed by atoms with Crippen LogP contribution >= 0.6 is 0 Å². The van der Waals surface area contributed by atoms with E-state index in [-0.39, 0.29) is 5.91 Å². The first-order valence-corrected chi connectivity index (χ1v) is 8.77. The van der Waals surface area contributed by atoms with E-state index in [0.29, 0.717) is 28.7 Å². The lowest BCUT2D eigenvalue weighted by atomic mass is 9.75. The van der Waals surface area contributed by atoms with Crippen molar-refractivity contribution in [3.05, 3.63) is 17.7 Å². The second-order valence-corrected chi connectivity index (χ2v) is 6.75. The number of hydrogen-bond donors (Lipinski definition) is 0. The van der Waals surface area contributed by atoms with Crippen LogP contribution in [0.15, 0.2) is 12.1 Å². The van der Waals surface area contributed by atoms with Gasteiger partial charge in [-0.3, -0.25) is 4.79 Å². The fraction of sp³-hybridized carbons (Fsp3) is 0.632. The van der Waals surface area contributed by atoms with Crippen LogP contribution in [0, 0.1) is 11.8 Å². The van der Waals surface area contributed by atoms with Crippen molar-refractivity contribution in [3.63, 3.8) is 0 Å². The van der Waals surface area contributed by atoms with Crippen LogP contribution in [0.3, 0.4) is 0 Å². The van der Waals surface area contributed by atoms with Gasteiger partial charge in [-0.25, -0.2) is 0 Å². The number of nitrogens with zero attached hydrogens (tertiary/aromatic N) is 1. The summed E-state index contributed by atoms with van der Waals surface area (Å²) in [7, 11) is 4.73. The zero-order valence-electron chi connectivity index (χ0n) is 14.8. The lowest BCUT2D eigenvalue weighted by molar-refractivity contribution is 0.0517. The molecule has 0 bridgehead atoms. The molecule has 1 saturated heterocycles. The molecule has 3 rings (SSSR count). The van der Waals surface area contributed by atoms with E-state index in [1.165, 1.54) is 25.7 Å². The van der Waals surface area contributed by atoms with Gasteiger partial charge in [-0.15, -0.1) is 0 Å². The highest BCUT2D eigenvalue weighted by Crippen LogP contribution is 2.38. The standard InChI is InChI=1S/C19H27NO4/c1-22-16-11-18(24-3)17(23-2)10-15(16)19(21)20-9-8-13-6-4-5-7-14(13)12-20/h10-11,13-14H,4-9,12H2,1-3H3/t13-,14+/m0/s1. The molecular weight excluding hydrogens is 306 g/mol. The first-order chi connectivity index (χ1) is 11.7. The number of rotatable bonds is 4. The lowest BCUT2D eigenvalue weighted by Crippen LogP contribution is -2.44. The Morgan fingerprint density at radius 1 is 0.917 bits per heavy atom. The molecule has 0 spiro atoms. The quantitative estimate of drug-likeness (QED) is 0.848. The second-order valence-electron chi connectivity index (χ2n) is 6.75. The number of benzene rings is 1. The number of fused-ring (bicyclic) bond motifs is 1. The molecule has 5 heteroatoms. The first-order valence-electron chi connectivity index (χ1n) is 8.77. The minimum Gasteiger partial charge on any atom is -0.496 e. The molecule has 1 aliphatic heterocycles. The Kier molecular flexibility index (Phi) is 5.17. The highest BCUT2D eigenvalue weighted by molar-refractivity contribution is 5.98. The van der Waals surface area contributed by atoms with Crippen LogP contribution in [0.1, 0.15) is 42.5 Å². The van der Waals surface area contributed by atoms with Gasteiger partial charge in [0.1, 0.15) is 5.75 Å². The summed E-state index contributed by atoms with van der Waals surface area (Å²) in [6.45, 7) is 1.69. The Morgan fingerprint density at radius 3 is 2.21 bits per heavy atom. The summed E-state index contributed by atoms with van der Waals surface area (Å²) in [5, 5.41) is 0. The molecule has 2 aliphatic rings. The van der Waals surface area contributed by atoms with E-state index in [1.807, 2.05) is 4.90 Å². The fourth-order valence-corrected chi connectivity index (χ4v) is 4.15. The van der Waals surface area contributed by atoms with Crippen LogP contribution in [0.4, 0.5) is 0 Å². The molecule has 0 unspecified atom stereocenters.